The van der Waals surface area contributed by atoms with Gasteiger partial charge in [-0.1, -0.05) is 39.8 Å². The maximum atomic E-state index is 14.2. The zero-order valence-electron chi connectivity index (χ0n) is 29.7. The Kier molecular flexibility index (Phi) is 8.80. The van der Waals surface area contributed by atoms with E-state index in [4.69, 9.17) is 18.9 Å². The molecule has 46 heavy (non-hydrogen) atoms. The molecule has 6 aliphatic rings. The van der Waals surface area contributed by atoms with Crippen LogP contribution in [-0.2, 0) is 33.3 Å². The summed E-state index contributed by atoms with van der Waals surface area (Å²) in [6.45, 7) is 20.9. The fourth-order valence-corrected chi connectivity index (χ4v) is 13.2. The third-order valence-corrected chi connectivity index (χ3v) is 15.5. The predicted octanol–water partition coefficient (Wildman–Crippen LogP) is 7.84. The Morgan fingerprint density at radius 3 is 2.20 bits per heavy atom. The molecule has 5 aliphatic carbocycles. The van der Waals surface area contributed by atoms with Gasteiger partial charge in [0.05, 0.1) is 11.5 Å². The summed E-state index contributed by atoms with van der Waals surface area (Å²) in [5, 5.41) is 0. The van der Waals surface area contributed by atoms with E-state index in [9.17, 15) is 14.4 Å². The van der Waals surface area contributed by atoms with Gasteiger partial charge >= 0.3 is 17.9 Å². The molecule has 0 radical (unpaired) electrons. The van der Waals surface area contributed by atoms with Crippen molar-refractivity contribution < 1.29 is 33.3 Å². The van der Waals surface area contributed by atoms with Gasteiger partial charge in [-0.2, -0.15) is 0 Å². The molecule has 6 fully saturated rings. The van der Waals surface area contributed by atoms with Gasteiger partial charge in [0.15, 0.2) is 0 Å². The first-order chi connectivity index (χ1) is 21.6. The normalized spacial score (nSPS) is 47.8. The number of carbonyl (C=O) groups excluding carboxylic acids is 3. The van der Waals surface area contributed by atoms with Crippen LogP contribution in [0.2, 0.25) is 0 Å². The number of hydrogen-bond acceptors (Lipinski definition) is 7. The first-order valence-corrected chi connectivity index (χ1v) is 18.4. The largest absolute Gasteiger partial charge is 0.465 e. The average Bonchev–Trinajstić information content (AvgIpc) is 3.66. The van der Waals surface area contributed by atoms with E-state index in [1.54, 1.807) is 0 Å². The molecule has 0 N–H and O–H groups in total. The lowest BCUT2D eigenvalue weighted by Gasteiger charge is -2.72. The SMILES string of the molecule is C=C(C)[C@@H]1CC[C@]2(C(=O)OCC3CCCO3)CC[C@]3(C)C(CCC4[C@@]5(C)CC[C@H](OC(C)=O)[C@@](C)(COC(C)=O)C5CC[C@]43C)C12. The van der Waals surface area contributed by atoms with E-state index in [-0.39, 0.29) is 64.8 Å². The van der Waals surface area contributed by atoms with Crippen LogP contribution in [0.25, 0.3) is 0 Å². The van der Waals surface area contributed by atoms with Crippen LogP contribution in [0.15, 0.2) is 12.2 Å². The Balaban J connectivity index is 1.32. The highest BCUT2D eigenvalue weighted by Crippen LogP contribution is 2.77. The van der Waals surface area contributed by atoms with E-state index < -0.39 is 10.8 Å². The lowest BCUT2D eigenvalue weighted by atomic mass is 9.32. The van der Waals surface area contributed by atoms with Gasteiger partial charge < -0.3 is 18.9 Å². The second-order valence-electron chi connectivity index (χ2n) is 17.5. The van der Waals surface area contributed by atoms with Crippen LogP contribution < -0.4 is 0 Å². The smallest absolute Gasteiger partial charge is 0.312 e. The summed E-state index contributed by atoms with van der Waals surface area (Å²) in [6, 6.07) is 0. The van der Waals surface area contributed by atoms with Gasteiger partial charge in [-0.15, -0.1) is 0 Å². The van der Waals surface area contributed by atoms with Gasteiger partial charge in [0, 0.05) is 25.9 Å². The van der Waals surface area contributed by atoms with Crippen LogP contribution >= 0.6 is 0 Å². The molecule has 0 bridgehead atoms. The lowest BCUT2D eigenvalue weighted by molar-refractivity contribution is -0.257. The first-order valence-electron chi connectivity index (χ1n) is 18.4. The number of ether oxygens (including phenoxy) is 4. The molecule has 7 nitrogen and oxygen atoms in total. The fourth-order valence-electron chi connectivity index (χ4n) is 13.2. The number of hydrogen-bond donors (Lipinski definition) is 0. The van der Waals surface area contributed by atoms with Crippen LogP contribution in [0.4, 0.5) is 0 Å². The van der Waals surface area contributed by atoms with Crippen molar-refractivity contribution in [3.8, 4) is 0 Å². The first kappa shape index (κ1) is 34.0. The minimum atomic E-state index is -0.436. The minimum Gasteiger partial charge on any atom is -0.465 e. The number of esters is 3. The summed E-state index contributed by atoms with van der Waals surface area (Å²) in [5.74, 6) is 1.29. The summed E-state index contributed by atoms with van der Waals surface area (Å²) >= 11 is 0. The van der Waals surface area contributed by atoms with Crippen LogP contribution in [0.3, 0.4) is 0 Å². The lowest BCUT2D eigenvalue weighted by Crippen LogP contribution is -2.68. The van der Waals surface area contributed by atoms with Gasteiger partial charge in [0.1, 0.15) is 19.3 Å². The molecule has 0 aromatic heterocycles. The fraction of sp³-hybridized carbons (Fsp3) is 0.872. The van der Waals surface area contributed by atoms with Crippen molar-refractivity contribution in [3.63, 3.8) is 0 Å². The van der Waals surface area contributed by atoms with E-state index in [1.807, 2.05) is 0 Å². The Bertz CT molecular complexity index is 1240. The molecule has 7 heteroatoms. The van der Waals surface area contributed by atoms with Crippen LogP contribution in [0.1, 0.15) is 126 Å². The summed E-state index contributed by atoms with van der Waals surface area (Å²) < 4.78 is 23.7. The van der Waals surface area contributed by atoms with E-state index in [0.717, 1.165) is 83.7 Å². The Morgan fingerprint density at radius 1 is 0.783 bits per heavy atom. The second kappa shape index (κ2) is 11.9. The highest BCUT2D eigenvalue weighted by molar-refractivity contribution is 5.78. The van der Waals surface area contributed by atoms with Gasteiger partial charge in [-0.05, 0) is 130 Å². The standard InChI is InChI=1S/C39H60O7/c1-24(2)28-13-18-39(34(42)44-22-27-10-9-21-43-27)20-19-37(7)29(33(28)39)11-12-31-35(5)16-15-32(46-26(4)41)36(6,23-45-25(3)40)30(35)14-17-38(31,37)8/h27-33H,1,9-23H2,2-8H3/t27?,28-,29?,30?,31?,32-,33?,35-,36-,37+,38+,39-/m0/s1. The summed E-state index contributed by atoms with van der Waals surface area (Å²) in [7, 11) is 0. The van der Waals surface area contributed by atoms with Crippen molar-refractivity contribution in [1.29, 1.82) is 0 Å². The molecule has 1 heterocycles. The Labute approximate surface area is 277 Å². The van der Waals surface area contributed by atoms with E-state index >= 15 is 0 Å². The number of allylic oxidation sites excluding steroid dienone is 1. The molecular formula is C39H60O7. The molecule has 0 spiro atoms. The summed E-state index contributed by atoms with van der Waals surface area (Å²) in [4.78, 5) is 38.5. The monoisotopic (exact) mass is 640 g/mol. The zero-order chi connectivity index (χ0) is 33.3. The van der Waals surface area contributed by atoms with Crippen molar-refractivity contribution >= 4 is 17.9 Å². The molecule has 258 valence electrons. The van der Waals surface area contributed by atoms with Gasteiger partial charge in [0.25, 0.3) is 0 Å². The molecule has 0 aromatic carbocycles. The number of carbonyl (C=O) groups is 3. The minimum absolute atomic E-state index is 0.0202. The molecule has 6 rings (SSSR count). The van der Waals surface area contributed by atoms with Crippen molar-refractivity contribution in [2.75, 3.05) is 19.8 Å². The van der Waals surface area contributed by atoms with E-state index in [0.29, 0.717) is 24.4 Å². The van der Waals surface area contributed by atoms with Crippen molar-refractivity contribution in [2.24, 2.45) is 56.7 Å². The van der Waals surface area contributed by atoms with Crippen LogP contribution in [0.5, 0.6) is 0 Å². The highest BCUT2D eigenvalue weighted by Gasteiger charge is 2.72. The van der Waals surface area contributed by atoms with Crippen LogP contribution in [-0.4, -0.2) is 49.9 Å². The average molecular weight is 641 g/mol. The summed E-state index contributed by atoms with van der Waals surface area (Å²) in [5.41, 5.74) is 0.578. The Morgan fingerprint density at radius 2 is 1.54 bits per heavy atom. The molecule has 0 amide bonds. The maximum absolute atomic E-state index is 14.2. The number of rotatable bonds is 7. The van der Waals surface area contributed by atoms with E-state index in [2.05, 4.69) is 41.2 Å². The topological polar surface area (TPSA) is 88.1 Å². The van der Waals surface area contributed by atoms with Crippen molar-refractivity contribution in [3.05, 3.63) is 12.2 Å². The Hall–Kier alpha value is -1.89. The molecule has 5 unspecified atom stereocenters. The third kappa shape index (κ3) is 5.02. The summed E-state index contributed by atoms with van der Waals surface area (Å²) in [6.07, 6.45) is 11.8. The van der Waals surface area contributed by atoms with Gasteiger partial charge in [-0.25, -0.2) is 0 Å². The molecular weight excluding hydrogens is 580 g/mol. The highest BCUT2D eigenvalue weighted by atomic mass is 16.6. The predicted molar refractivity (Wildman–Crippen MR) is 175 cm³/mol. The zero-order valence-corrected chi connectivity index (χ0v) is 29.7. The van der Waals surface area contributed by atoms with E-state index in [1.165, 1.54) is 19.4 Å². The second-order valence-corrected chi connectivity index (χ2v) is 17.5. The molecule has 1 aliphatic heterocycles. The molecule has 0 aromatic rings. The maximum Gasteiger partial charge on any atom is 0.312 e. The van der Waals surface area contributed by atoms with Gasteiger partial charge in [-0.3, -0.25) is 14.4 Å². The van der Waals surface area contributed by atoms with Crippen molar-refractivity contribution in [2.45, 2.75) is 138 Å². The third-order valence-electron chi connectivity index (χ3n) is 15.5. The number of fused-ring (bicyclic) bond motifs is 7. The molecule has 12 atom stereocenters. The molecule has 5 saturated carbocycles. The molecule has 1 saturated heterocycles. The van der Waals surface area contributed by atoms with Crippen molar-refractivity contribution in [1.82, 2.24) is 0 Å². The van der Waals surface area contributed by atoms with Gasteiger partial charge in [0.2, 0.25) is 0 Å². The quantitative estimate of drug-likeness (QED) is 0.159. The van der Waals surface area contributed by atoms with Crippen LogP contribution in [0, 0.1) is 56.7 Å².